The Hall–Kier alpha value is -2.03. The minimum Gasteiger partial charge on any atom is -0.378 e. The minimum atomic E-state index is 0.0367. The number of morpholine rings is 1. The summed E-state index contributed by atoms with van der Waals surface area (Å²) in [5.41, 5.74) is 1.00. The Morgan fingerprint density at radius 2 is 2.16 bits per heavy atom. The summed E-state index contributed by atoms with van der Waals surface area (Å²) < 4.78 is 5.36. The number of rotatable bonds is 8. The Labute approximate surface area is 151 Å². The zero-order chi connectivity index (χ0) is 17.3. The van der Waals surface area contributed by atoms with E-state index in [0.29, 0.717) is 19.5 Å². The van der Waals surface area contributed by atoms with E-state index in [4.69, 9.17) is 4.74 Å². The third-order valence-corrected chi connectivity index (χ3v) is 4.92. The lowest BCUT2D eigenvalue weighted by Crippen LogP contribution is -2.36. The molecule has 1 aliphatic rings. The summed E-state index contributed by atoms with van der Waals surface area (Å²) in [4.78, 5) is 23.8. The monoisotopic (exact) mass is 361 g/mol. The average Bonchev–Trinajstić information content (AvgIpc) is 3.14. The number of aromatic nitrogens is 2. The molecular formula is C17H23N5O2S. The predicted octanol–water partition coefficient (Wildman–Crippen LogP) is 1.17. The van der Waals surface area contributed by atoms with Gasteiger partial charge in [0.15, 0.2) is 5.13 Å². The smallest absolute Gasteiger partial charge is 0.221 e. The third kappa shape index (κ3) is 5.77. The predicted molar refractivity (Wildman–Crippen MR) is 97.6 cm³/mol. The van der Waals surface area contributed by atoms with Gasteiger partial charge >= 0.3 is 0 Å². The molecule has 1 aliphatic heterocycles. The standard InChI is InChI=1S/C17H23N5O2S/c23-16(20-11-14-2-1-4-18-10-14)3-5-19-12-15-13-21-17(25-15)22-6-8-24-9-7-22/h1-2,4,10,13,19H,3,5-9,11-12H2,(H,20,23). The number of ether oxygens (including phenoxy) is 1. The Kier molecular flexibility index (Phi) is 6.72. The summed E-state index contributed by atoms with van der Waals surface area (Å²) >= 11 is 1.70. The summed E-state index contributed by atoms with van der Waals surface area (Å²) in [6, 6.07) is 3.81. The van der Waals surface area contributed by atoms with Crippen molar-refractivity contribution >= 4 is 22.4 Å². The first kappa shape index (κ1) is 17.8. The minimum absolute atomic E-state index is 0.0367. The Morgan fingerprint density at radius 1 is 1.28 bits per heavy atom. The van der Waals surface area contributed by atoms with Crippen LogP contribution in [0.1, 0.15) is 16.9 Å². The van der Waals surface area contributed by atoms with E-state index in [2.05, 4.69) is 25.5 Å². The molecule has 0 radical (unpaired) electrons. The topological polar surface area (TPSA) is 79.4 Å². The lowest BCUT2D eigenvalue weighted by molar-refractivity contribution is -0.121. The summed E-state index contributed by atoms with van der Waals surface area (Å²) in [5.74, 6) is 0.0367. The first-order chi connectivity index (χ1) is 12.3. The maximum atomic E-state index is 11.8. The van der Waals surface area contributed by atoms with Crippen molar-refractivity contribution in [1.82, 2.24) is 20.6 Å². The van der Waals surface area contributed by atoms with Gasteiger partial charge in [-0.1, -0.05) is 6.07 Å². The molecule has 25 heavy (non-hydrogen) atoms. The highest BCUT2D eigenvalue weighted by Crippen LogP contribution is 2.23. The molecule has 7 nitrogen and oxygen atoms in total. The molecule has 1 saturated heterocycles. The molecule has 0 spiro atoms. The normalized spacial score (nSPS) is 14.5. The van der Waals surface area contributed by atoms with Gasteiger partial charge in [0, 0.05) is 62.6 Å². The molecule has 0 bridgehead atoms. The molecule has 3 rings (SSSR count). The second-order valence-corrected chi connectivity index (χ2v) is 6.87. The lowest BCUT2D eigenvalue weighted by Gasteiger charge is -2.25. The first-order valence-electron chi connectivity index (χ1n) is 8.45. The van der Waals surface area contributed by atoms with Gasteiger partial charge in [-0.15, -0.1) is 11.3 Å². The molecule has 1 amide bonds. The number of thiazole rings is 1. The van der Waals surface area contributed by atoms with E-state index in [1.54, 1.807) is 23.7 Å². The highest BCUT2D eigenvalue weighted by molar-refractivity contribution is 7.15. The van der Waals surface area contributed by atoms with E-state index in [-0.39, 0.29) is 5.91 Å². The number of nitrogens with zero attached hydrogens (tertiary/aromatic N) is 3. The number of anilines is 1. The van der Waals surface area contributed by atoms with Crippen molar-refractivity contribution in [3.63, 3.8) is 0 Å². The largest absolute Gasteiger partial charge is 0.378 e. The van der Waals surface area contributed by atoms with Gasteiger partial charge in [-0.25, -0.2) is 4.98 Å². The number of carbonyl (C=O) groups is 1. The second-order valence-electron chi connectivity index (χ2n) is 5.77. The van der Waals surface area contributed by atoms with Crippen molar-refractivity contribution in [2.75, 3.05) is 37.7 Å². The maximum Gasteiger partial charge on any atom is 0.221 e. The van der Waals surface area contributed by atoms with Gasteiger partial charge in [0.1, 0.15) is 0 Å². The molecular weight excluding hydrogens is 338 g/mol. The molecule has 0 unspecified atom stereocenters. The van der Waals surface area contributed by atoms with Crippen LogP contribution in [0.5, 0.6) is 0 Å². The molecule has 0 atom stereocenters. The van der Waals surface area contributed by atoms with Crippen LogP contribution in [0.15, 0.2) is 30.7 Å². The first-order valence-corrected chi connectivity index (χ1v) is 9.26. The van der Waals surface area contributed by atoms with Crippen molar-refractivity contribution in [3.8, 4) is 0 Å². The molecule has 1 fully saturated rings. The number of hydrogen-bond acceptors (Lipinski definition) is 7. The van der Waals surface area contributed by atoms with Gasteiger partial charge < -0.3 is 20.3 Å². The molecule has 8 heteroatoms. The van der Waals surface area contributed by atoms with Gasteiger partial charge in [-0.05, 0) is 11.6 Å². The van der Waals surface area contributed by atoms with Gasteiger partial charge in [0.25, 0.3) is 0 Å². The Balaban J connectivity index is 1.31. The van der Waals surface area contributed by atoms with Crippen molar-refractivity contribution in [1.29, 1.82) is 0 Å². The van der Waals surface area contributed by atoms with Crippen LogP contribution in [0.3, 0.4) is 0 Å². The van der Waals surface area contributed by atoms with Crippen molar-refractivity contribution in [3.05, 3.63) is 41.2 Å². The van der Waals surface area contributed by atoms with E-state index >= 15 is 0 Å². The van der Waals surface area contributed by atoms with E-state index < -0.39 is 0 Å². The highest BCUT2D eigenvalue weighted by Gasteiger charge is 2.14. The lowest BCUT2D eigenvalue weighted by atomic mass is 10.3. The Morgan fingerprint density at radius 3 is 2.96 bits per heavy atom. The number of nitrogens with one attached hydrogen (secondary N) is 2. The molecule has 0 aliphatic carbocycles. The van der Waals surface area contributed by atoms with Crippen LogP contribution >= 0.6 is 11.3 Å². The zero-order valence-electron chi connectivity index (χ0n) is 14.1. The number of amides is 1. The fourth-order valence-electron chi connectivity index (χ4n) is 2.48. The van der Waals surface area contributed by atoms with E-state index in [0.717, 1.165) is 43.5 Å². The van der Waals surface area contributed by atoms with E-state index in [9.17, 15) is 4.79 Å². The van der Waals surface area contributed by atoms with Gasteiger partial charge in [-0.2, -0.15) is 0 Å². The van der Waals surface area contributed by atoms with Crippen LogP contribution in [0.4, 0.5) is 5.13 Å². The summed E-state index contributed by atoms with van der Waals surface area (Å²) in [6.07, 6.45) is 5.84. The highest BCUT2D eigenvalue weighted by atomic mass is 32.1. The van der Waals surface area contributed by atoms with Crippen LogP contribution in [-0.4, -0.2) is 48.7 Å². The van der Waals surface area contributed by atoms with E-state index in [1.807, 2.05) is 18.3 Å². The molecule has 0 aromatic carbocycles. The zero-order valence-corrected chi connectivity index (χ0v) is 14.9. The molecule has 2 aromatic rings. The quantitative estimate of drug-likeness (QED) is 0.687. The van der Waals surface area contributed by atoms with Gasteiger partial charge in [0.2, 0.25) is 5.91 Å². The summed E-state index contributed by atoms with van der Waals surface area (Å²) in [7, 11) is 0. The molecule has 2 aromatic heterocycles. The number of pyridine rings is 1. The van der Waals surface area contributed by atoms with Gasteiger partial charge in [-0.3, -0.25) is 9.78 Å². The Bertz CT molecular complexity index is 658. The van der Waals surface area contributed by atoms with E-state index in [1.165, 1.54) is 4.88 Å². The van der Waals surface area contributed by atoms with Crippen molar-refractivity contribution < 1.29 is 9.53 Å². The van der Waals surface area contributed by atoms with Crippen LogP contribution < -0.4 is 15.5 Å². The maximum absolute atomic E-state index is 11.8. The number of carbonyl (C=O) groups excluding carboxylic acids is 1. The van der Waals surface area contributed by atoms with Crippen molar-refractivity contribution in [2.45, 2.75) is 19.5 Å². The molecule has 3 heterocycles. The fraction of sp³-hybridized carbons (Fsp3) is 0.471. The molecule has 134 valence electrons. The third-order valence-electron chi connectivity index (χ3n) is 3.86. The summed E-state index contributed by atoms with van der Waals surface area (Å²) in [6.45, 7) is 5.23. The number of hydrogen-bond donors (Lipinski definition) is 2. The van der Waals surface area contributed by atoms with Crippen LogP contribution in [0.2, 0.25) is 0 Å². The fourth-order valence-corrected chi connectivity index (χ4v) is 3.42. The van der Waals surface area contributed by atoms with Crippen LogP contribution in [0, 0.1) is 0 Å². The second kappa shape index (κ2) is 9.45. The average molecular weight is 361 g/mol. The summed E-state index contributed by atoms with van der Waals surface area (Å²) in [5, 5.41) is 7.25. The van der Waals surface area contributed by atoms with Crippen molar-refractivity contribution in [2.24, 2.45) is 0 Å². The molecule has 0 saturated carbocycles. The molecule has 2 N–H and O–H groups in total. The SMILES string of the molecule is O=C(CCNCc1cnc(N2CCOCC2)s1)NCc1cccnc1. The van der Waals surface area contributed by atoms with Crippen LogP contribution in [-0.2, 0) is 22.6 Å². The van der Waals surface area contributed by atoms with Gasteiger partial charge in [0.05, 0.1) is 13.2 Å². The van der Waals surface area contributed by atoms with Crippen LogP contribution in [0.25, 0.3) is 0 Å².